The van der Waals surface area contributed by atoms with Crippen LogP contribution in [0.15, 0.2) is 35.4 Å². The monoisotopic (exact) mass is 447 g/mol. The molecule has 0 unspecified atom stereocenters. The molecule has 4 rings (SSSR count). The van der Waals surface area contributed by atoms with Gasteiger partial charge in [0.1, 0.15) is 11.6 Å². The standard InChI is InChI=1S/C22H26FN3O4S/c1-14-7-8-16(15-5-3-2-4-6-15)18(13-14)30-22(11-12-22)21(27)26-31(28,29)20-17(23)9-10-19(24)25-20/h7-10,13,15H,2-6,11-12H2,1H3,(H2,24,25)(H,26,27). The number of anilines is 1. The van der Waals surface area contributed by atoms with Gasteiger partial charge < -0.3 is 10.5 Å². The fourth-order valence-corrected chi connectivity index (χ4v) is 5.15. The smallest absolute Gasteiger partial charge is 0.284 e. The van der Waals surface area contributed by atoms with Crippen molar-refractivity contribution in [3.63, 3.8) is 0 Å². The zero-order valence-corrected chi connectivity index (χ0v) is 18.2. The van der Waals surface area contributed by atoms with Crippen LogP contribution in [0.25, 0.3) is 0 Å². The summed E-state index contributed by atoms with van der Waals surface area (Å²) in [5, 5.41) is -0.907. The van der Waals surface area contributed by atoms with Gasteiger partial charge in [0, 0.05) is 12.8 Å². The van der Waals surface area contributed by atoms with Gasteiger partial charge in [-0.25, -0.2) is 14.1 Å². The lowest BCUT2D eigenvalue weighted by Crippen LogP contribution is -2.44. The van der Waals surface area contributed by atoms with Crippen LogP contribution in [0, 0.1) is 12.7 Å². The molecule has 2 aliphatic carbocycles. The Morgan fingerprint density at radius 2 is 1.90 bits per heavy atom. The van der Waals surface area contributed by atoms with Gasteiger partial charge in [-0.15, -0.1) is 0 Å². The van der Waals surface area contributed by atoms with E-state index >= 15 is 0 Å². The Labute approximate surface area is 181 Å². The number of carbonyl (C=O) groups excluding carboxylic acids is 1. The number of ether oxygens (including phenoxy) is 1. The van der Waals surface area contributed by atoms with Crippen molar-refractivity contribution in [1.82, 2.24) is 9.71 Å². The number of halogens is 1. The number of nitrogens with zero attached hydrogens (tertiary/aromatic N) is 1. The second-order valence-electron chi connectivity index (χ2n) is 8.43. The lowest BCUT2D eigenvalue weighted by atomic mass is 9.83. The fraction of sp³-hybridized carbons (Fsp3) is 0.455. The number of pyridine rings is 1. The highest BCUT2D eigenvalue weighted by molar-refractivity contribution is 7.90. The van der Waals surface area contributed by atoms with Crippen LogP contribution in [0.1, 0.15) is 62.0 Å². The van der Waals surface area contributed by atoms with E-state index in [0.717, 1.165) is 48.9 Å². The number of benzene rings is 1. The van der Waals surface area contributed by atoms with E-state index in [-0.39, 0.29) is 5.82 Å². The molecule has 166 valence electrons. The van der Waals surface area contributed by atoms with Crippen LogP contribution in [0.5, 0.6) is 5.75 Å². The number of rotatable bonds is 6. The highest BCUT2D eigenvalue weighted by atomic mass is 32.2. The lowest BCUT2D eigenvalue weighted by Gasteiger charge is -2.26. The van der Waals surface area contributed by atoms with Gasteiger partial charge >= 0.3 is 0 Å². The van der Waals surface area contributed by atoms with Crippen molar-refractivity contribution in [3.8, 4) is 5.75 Å². The molecule has 2 aromatic rings. The van der Waals surface area contributed by atoms with E-state index in [0.29, 0.717) is 24.5 Å². The second kappa shape index (κ2) is 8.11. The van der Waals surface area contributed by atoms with Crippen LogP contribution >= 0.6 is 0 Å². The van der Waals surface area contributed by atoms with Gasteiger partial charge in [-0.3, -0.25) is 4.79 Å². The minimum absolute atomic E-state index is 0.163. The molecule has 1 aromatic carbocycles. The van der Waals surface area contributed by atoms with Gasteiger partial charge in [0.15, 0.2) is 11.4 Å². The Morgan fingerprint density at radius 3 is 2.58 bits per heavy atom. The fourth-order valence-electron chi connectivity index (χ4n) is 4.07. The molecule has 1 aromatic heterocycles. The summed E-state index contributed by atoms with van der Waals surface area (Å²) in [7, 11) is -4.53. The molecule has 2 saturated carbocycles. The molecule has 7 nitrogen and oxygen atoms in total. The molecular weight excluding hydrogens is 421 g/mol. The lowest BCUT2D eigenvalue weighted by molar-refractivity contribution is -0.128. The van der Waals surface area contributed by atoms with Gasteiger partial charge in [-0.05, 0) is 55.0 Å². The second-order valence-corrected chi connectivity index (χ2v) is 10.0. The minimum Gasteiger partial charge on any atom is -0.477 e. The Bertz CT molecular complexity index is 1110. The maximum Gasteiger partial charge on any atom is 0.284 e. The molecule has 0 saturated heterocycles. The molecule has 0 atom stereocenters. The van der Waals surface area contributed by atoms with E-state index in [1.807, 2.05) is 29.8 Å². The van der Waals surface area contributed by atoms with E-state index in [1.54, 1.807) is 0 Å². The first-order valence-electron chi connectivity index (χ1n) is 10.5. The predicted molar refractivity (Wildman–Crippen MR) is 114 cm³/mol. The maximum absolute atomic E-state index is 14.0. The number of hydrogen-bond donors (Lipinski definition) is 2. The summed E-state index contributed by atoms with van der Waals surface area (Å²) < 4.78 is 47.2. The van der Waals surface area contributed by atoms with Gasteiger partial charge in [0.05, 0.1) is 0 Å². The molecule has 0 aliphatic heterocycles. The van der Waals surface area contributed by atoms with Crippen molar-refractivity contribution in [2.24, 2.45) is 0 Å². The molecule has 0 radical (unpaired) electrons. The van der Waals surface area contributed by atoms with Gasteiger partial charge in [0.2, 0.25) is 5.03 Å². The topological polar surface area (TPSA) is 111 Å². The molecule has 2 fully saturated rings. The van der Waals surface area contributed by atoms with Crippen LogP contribution in [0.2, 0.25) is 0 Å². The highest BCUT2D eigenvalue weighted by Gasteiger charge is 2.54. The number of aromatic nitrogens is 1. The van der Waals surface area contributed by atoms with E-state index in [9.17, 15) is 17.6 Å². The number of amides is 1. The summed E-state index contributed by atoms with van der Waals surface area (Å²) in [4.78, 5) is 16.4. The number of sulfonamides is 1. The number of nitrogens with two attached hydrogens (primary N) is 1. The summed E-state index contributed by atoms with van der Waals surface area (Å²) in [6, 6.07) is 8.00. The number of aryl methyl sites for hydroxylation is 1. The van der Waals surface area contributed by atoms with Crippen LogP contribution < -0.4 is 15.2 Å². The maximum atomic E-state index is 14.0. The van der Waals surface area contributed by atoms with E-state index in [1.165, 1.54) is 6.42 Å². The third kappa shape index (κ3) is 4.51. The first kappa shape index (κ1) is 21.5. The van der Waals surface area contributed by atoms with Crippen molar-refractivity contribution in [2.75, 3.05) is 5.73 Å². The zero-order valence-electron chi connectivity index (χ0n) is 17.4. The number of carbonyl (C=O) groups is 1. The number of hydrogen-bond acceptors (Lipinski definition) is 6. The molecular formula is C22H26FN3O4S. The Kier molecular flexibility index (Phi) is 5.63. The van der Waals surface area contributed by atoms with Crippen LogP contribution in [0.4, 0.5) is 10.2 Å². The zero-order chi connectivity index (χ0) is 22.2. The normalized spacial score (nSPS) is 18.4. The summed E-state index contributed by atoms with van der Waals surface area (Å²) in [6.07, 6.45) is 6.40. The molecule has 3 N–H and O–H groups in total. The quantitative estimate of drug-likeness (QED) is 0.700. The Morgan fingerprint density at radius 1 is 1.19 bits per heavy atom. The molecule has 0 bridgehead atoms. The van der Waals surface area contributed by atoms with E-state index < -0.39 is 32.4 Å². The number of nitrogens with one attached hydrogen (secondary N) is 1. The van der Waals surface area contributed by atoms with E-state index in [4.69, 9.17) is 10.5 Å². The van der Waals surface area contributed by atoms with Gasteiger partial charge in [-0.1, -0.05) is 31.4 Å². The SMILES string of the molecule is Cc1ccc(C2CCCCC2)c(OC2(C(=O)NS(=O)(=O)c3nc(N)ccc3F)CC2)c1. The van der Waals surface area contributed by atoms with Crippen molar-refractivity contribution in [3.05, 3.63) is 47.3 Å². The van der Waals surface area contributed by atoms with Crippen molar-refractivity contribution in [1.29, 1.82) is 0 Å². The summed E-state index contributed by atoms with van der Waals surface area (Å²) in [5.74, 6) is -1.10. The summed E-state index contributed by atoms with van der Waals surface area (Å²) in [6.45, 7) is 1.94. The van der Waals surface area contributed by atoms with Crippen molar-refractivity contribution >= 4 is 21.7 Å². The Balaban J connectivity index is 1.57. The third-order valence-corrected chi connectivity index (χ3v) is 7.20. The minimum atomic E-state index is -4.53. The molecule has 0 spiro atoms. The van der Waals surface area contributed by atoms with Crippen LogP contribution in [-0.2, 0) is 14.8 Å². The predicted octanol–water partition coefficient (Wildman–Crippen LogP) is 3.58. The summed E-state index contributed by atoms with van der Waals surface area (Å²) >= 11 is 0. The van der Waals surface area contributed by atoms with Crippen LogP contribution in [-0.4, -0.2) is 24.9 Å². The molecule has 2 aliphatic rings. The summed E-state index contributed by atoms with van der Waals surface area (Å²) in [5.41, 5.74) is 6.23. The first-order valence-corrected chi connectivity index (χ1v) is 12.0. The number of nitrogen functional groups attached to an aromatic ring is 1. The molecule has 1 amide bonds. The third-order valence-electron chi connectivity index (χ3n) is 5.95. The Hall–Kier alpha value is -2.68. The van der Waals surface area contributed by atoms with Crippen molar-refractivity contribution < 1.29 is 22.3 Å². The van der Waals surface area contributed by atoms with Gasteiger partial charge in [0.25, 0.3) is 15.9 Å². The first-order chi connectivity index (χ1) is 14.7. The van der Waals surface area contributed by atoms with Crippen LogP contribution in [0.3, 0.4) is 0 Å². The average molecular weight is 448 g/mol. The van der Waals surface area contributed by atoms with E-state index in [2.05, 4.69) is 4.98 Å². The highest BCUT2D eigenvalue weighted by Crippen LogP contribution is 2.45. The largest absolute Gasteiger partial charge is 0.477 e. The van der Waals surface area contributed by atoms with Gasteiger partial charge in [-0.2, -0.15) is 8.42 Å². The van der Waals surface area contributed by atoms with Crippen molar-refractivity contribution in [2.45, 2.75) is 68.4 Å². The molecule has 1 heterocycles. The molecule has 9 heteroatoms. The molecule has 31 heavy (non-hydrogen) atoms. The average Bonchev–Trinajstić information content (AvgIpc) is 3.51.